The molecule has 2 saturated heterocycles. The van der Waals surface area contributed by atoms with E-state index in [1.807, 2.05) is 0 Å². The third-order valence-electron chi connectivity index (χ3n) is 4.73. The van der Waals surface area contributed by atoms with Crippen LogP contribution in [0.3, 0.4) is 0 Å². The van der Waals surface area contributed by atoms with Crippen LogP contribution in [0, 0.1) is 5.92 Å². The first-order valence-electron chi connectivity index (χ1n) is 8.09. The Kier molecular flexibility index (Phi) is 5.06. The summed E-state index contributed by atoms with van der Waals surface area (Å²) < 4.78 is 0. The monoisotopic (exact) mass is 273 g/mol. The van der Waals surface area contributed by atoms with Crippen molar-refractivity contribution in [2.75, 3.05) is 45.8 Å². The molecule has 0 spiro atoms. The van der Waals surface area contributed by atoms with Crippen LogP contribution in [0.15, 0.2) is 30.3 Å². The molecule has 0 bridgehead atoms. The second kappa shape index (κ2) is 7.21. The van der Waals surface area contributed by atoms with Crippen LogP contribution >= 0.6 is 0 Å². The summed E-state index contributed by atoms with van der Waals surface area (Å²) in [5.41, 5.74) is 1.44. The lowest BCUT2D eigenvalue weighted by molar-refractivity contribution is 0.122. The molecule has 1 N–H and O–H groups in total. The van der Waals surface area contributed by atoms with Crippen LogP contribution in [0.25, 0.3) is 0 Å². The van der Waals surface area contributed by atoms with E-state index >= 15 is 0 Å². The van der Waals surface area contributed by atoms with Crippen LogP contribution in [-0.4, -0.2) is 55.6 Å². The normalized spacial score (nSPS) is 25.1. The Morgan fingerprint density at radius 1 is 1.00 bits per heavy atom. The van der Waals surface area contributed by atoms with E-state index in [1.54, 1.807) is 0 Å². The highest BCUT2D eigenvalue weighted by Gasteiger charge is 2.19. The number of hydrogen-bond donors (Lipinski definition) is 1. The van der Waals surface area contributed by atoms with Crippen molar-refractivity contribution in [3.8, 4) is 0 Å². The minimum absolute atomic E-state index is 0.928. The predicted molar refractivity (Wildman–Crippen MR) is 83.8 cm³/mol. The van der Waals surface area contributed by atoms with Crippen molar-refractivity contribution in [3.05, 3.63) is 35.9 Å². The third kappa shape index (κ3) is 4.05. The third-order valence-corrected chi connectivity index (χ3v) is 4.73. The van der Waals surface area contributed by atoms with Gasteiger partial charge >= 0.3 is 0 Å². The summed E-state index contributed by atoms with van der Waals surface area (Å²) in [5.74, 6) is 0.928. The minimum Gasteiger partial charge on any atom is -0.316 e. The summed E-state index contributed by atoms with van der Waals surface area (Å²) in [6.45, 7) is 9.81. The number of rotatable bonds is 5. The molecular formula is C17H27N3. The van der Waals surface area contributed by atoms with Gasteiger partial charge in [0.05, 0.1) is 0 Å². The lowest BCUT2D eigenvalue weighted by Gasteiger charge is -2.35. The average Bonchev–Trinajstić information content (AvgIpc) is 3.01. The molecule has 2 fully saturated rings. The van der Waals surface area contributed by atoms with E-state index in [1.165, 1.54) is 64.2 Å². The quantitative estimate of drug-likeness (QED) is 0.882. The molecule has 1 aromatic rings. The van der Waals surface area contributed by atoms with Crippen LogP contribution in [0.2, 0.25) is 0 Å². The van der Waals surface area contributed by atoms with E-state index in [4.69, 9.17) is 0 Å². The van der Waals surface area contributed by atoms with Gasteiger partial charge in [-0.15, -0.1) is 0 Å². The Morgan fingerprint density at radius 2 is 1.75 bits per heavy atom. The van der Waals surface area contributed by atoms with Crippen molar-refractivity contribution in [2.45, 2.75) is 19.4 Å². The molecule has 0 aromatic heterocycles. The highest BCUT2D eigenvalue weighted by Crippen LogP contribution is 2.14. The highest BCUT2D eigenvalue weighted by molar-refractivity contribution is 5.14. The van der Waals surface area contributed by atoms with Gasteiger partial charge in [0.15, 0.2) is 0 Å². The Morgan fingerprint density at radius 3 is 2.45 bits per heavy atom. The first-order chi connectivity index (χ1) is 9.90. The molecule has 1 unspecified atom stereocenters. The number of benzene rings is 1. The van der Waals surface area contributed by atoms with Gasteiger partial charge < -0.3 is 10.2 Å². The number of hydrogen-bond acceptors (Lipinski definition) is 3. The number of piperazine rings is 1. The molecule has 3 rings (SSSR count). The zero-order chi connectivity index (χ0) is 13.6. The Bertz CT molecular complexity index is 378. The molecule has 110 valence electrons. The van der Waals surface area contributed by atoms with Crippen molar-refractivity contribution in [3.63, 3.8) is 0 Å². The predicted octanol–water partition coefficient (Wildman–Crippen LogP) is 1.80. The van der Waals surface area contributed by atoms with Crippen LogP contribution in [0.1, 0.15) is 18.4 Å². The lowest BCUT2D eigenvalue weighted by Crippen LogP contribution is -2.46. The van der Waals surface area contributed by atoms with Crippen molar-refractivity contribution < 1.29 is 0 Å². The fraction of sp³-hybridized carbons (Fsp3) is 0.647. The molecule has 1 aromatic carbocycles. The lowest BCUT2D eigenvalue weighted by atomic mass is 10.0. The van der Waals surface area contributed by atoms with Crippen molar-refractivity contribution in [1.82, 2.24) is 15.1 Å². The van der Waals surface area contributed by atoms with Gasteiger partial charge in [0.1, 0.15) is 0 Å². The van der Waals surface area contributed by atoms with Gasteiger partial charge in [0, 0.05) is 32.7 Å². The molecule has 2 aliphatic heterocycles. The fourth-order valence-electron chi connectivity index (χ4n) is 3.34. The maximum atomic E-state index is 3.47. The SMILES string of the molecule is c1ccc(CN2CCN(CCC3CCNC3)CC2)cc1. The van der Waals surface area contributed by atoms with E-state index in [9.17, 15) is 0 Å². The summed E-state index contributed by atoms with van der Waals surface area (Å²) >= 11 is 0. The van der Waals surface area contributed by atoms with E-state index in [2.05, 4.69) is 45.4 Å². The molecule has 0 radical (unpaired) electrons. The van der Waals surface area contributed by atoms with Crippen LogP contribution in [0.4, 0.5) is 0 Å². The summed E-state index contributed by atoms with van der Waals surface area (Å²) in [6, 6.07) is 10.8. The molecule has 0 aliphatic carbocycles. The van der Waals surface area contributed by atoms with E-state index in [0.717, 1.165) is 12.5 Å². The molecule has 0 saturated carbocycles. The van der Waals surface area contributed by atoms with Gasteiger partial charge in [0.2, 0.25) is 0 Å². The zero-order valence-corrected chi connectivity index (χ0v) is 12.4. The van der Waals surface area contributed by atoms with Gasteiger partial charge in [-0.2, -0.15) is 0 Å². The average molecular weight is 273 g/mol. The van der Waals surface area contributed by atoms with Gasteiger partial charge in [-0.25, -0.2) is 0 Å². The first-order valence-corrected chi connectivity index (χ1v) is 8.09. The van der Waals surface area contributed by atoms with Gasteiger partial charge in [-0.1, -0.05) is 30.3 Å². The van der Waals surface area contributed by atoms with Crippen LogP contribution < -0.4 is 5.32 Å². The maximum absolute atomic E-state index is 3.47. The minimum atomic E-state index is 0.928. The van der Waals surface area contributed by atoms with E-state index < -0.39 is 0 Å². The summed E-state index contributed by atoms with van der Waals surface area (Å²) in [4.78, 5) is 5.24. The molecule has 2 aliphatic rings. The summed E-state index contributed by atoms with van der Waals surface area (Å²) in [5, 5.41) is 3.47. The molecule has 3 nitrogen and oxygen atoms in total. The smallest absolute Gasteiger partial charge is 0.0234 e. The van der Waals surface area contributed by atoms with E-state index in [-0.39, 0.29) is 0 Å². The Balaban J connectivity index is 1.36. The zero-order valence-electron chi connectivity index (χ0n) is 12.4. The van der Waals surface area contributed by atoms with Crippen molar-refractivity contribution in [2.24, 2.45) is 5.92 Å². The van der Waals surface area contributed by atoms with Crippen LogP contribution in [0.5, 0.6) is 0 Å². The van der Waals surface area contributed by atoms with Gasteiger partial charge in [0.25, 0.3) is 0 Å². The number of nitrogens with zero attached hydrogens (tertiary/aromatic N) is 2. The number of nitrogens with one attached hydrogen (secondary N) is 1. The Hall–Kier alpha value is -0.900. The van der Waals surface area contributed by atoms with Crippen molar-refractivity contribution >= 4 is 0 Å². The summed E-state index contributed by atoms with van der Waals surface area (Å²) in [7, 11) is 0. The van der Waals surface area contributed by atoms with Crippen molar-refractivity contribution in [1.29, 1.82) is 0 Å². The first kappa shape index (κ1) is 14.1. The second-order valence-electron chi connectivity index (χ2n) is 6.25. The van der Waals surface area contributed by atoms with Crippen LogP contribution in [-0.2, 0) is 6.54 Å². The molecule has 0 amide bonds. The maximum Gasteiger partial charge on any atom is 0.0234 e. The fourth-order valence-corrected chi connectivity index (χ4v) is 3.34. The van der Waals surface area contributed by atoms with E-state index in [0.29, 0.717) is 0 Å². The second-order valence-corrected chi connectivity index (χ2v) is 6.25. The molecule has 1 atom stereocenters. The molecule has 3 heteroatoms. The van der Waals surface area contributed by atoms with Gasteiger partial charge in [-0.05, 0) is 44.0 Å². The molecule has 20 heavy (non-hydrogen) atoms. The Labute approximate surface area is 123 Å². The molecule has 2 heterocycles. The topological polar surface area (TPSA) is 18.5 Å². The highest BCUT2D eigenvalue weighted by atomic mass is 15.3. The largest absolute Gasteiger partial charge is 0.316 e. The molecular weight excluding hydrogens is 246 g/mol. The standard InChI is InChI=1S/C17H27N3/c1-2-4-17(5-3-1)15-20-12-10-19(11-13-20)9-7-16-6-8-18-14-16/h1-5,16,18H,6-15H2. The summed E-state index contributed by atoms with van der Waals surface area (Å²) in [6.07, 6.45) is 2.76. The van der Waals surface area contributed by atoms with Gasteiger partial charge in [-0.3, -0.25) is 4.90 Å².